The first kappa shape index (κ1) is 15.1. The third-order valence-corrected chi connectivity index (χ3v) is 3.20. The van der Waals surface area contributed by atoms with Crippen LogP contribution in [-0.4, -0.2) is 48.4 Å². The summed E-state index contributed by atoms with van der Waals surface area (Å²) in [6, 6.07) is 6.66. The molecule has 0 fully saturated rings. The molecule has 0 radical (unpaired) electrons. The Morgan fingerprint density at radius 3 is 2.86 bits per heavy atom. The number of ether oxygens (including phenoxy) is 1. The van der Waals surface area contributed by atoms with Gasteiger partial charge in [-0.15, -0.1) is 0 Å². The van der Waals surface area contributed by atoms with Crippen molar-refractivity contribution in [3.8, 4) is 0 Å². The van der Waals surface area contributed by atoms with Gasteiger partial charge in [0.2, 0.25) is 0 Å². The molecule has 21 heavy (non-hydrogen) atoms. The molecule has 1 heterocycles. The van der Waals surface area contributed by atoms with Crippen LogP contribution in [0.3, 0.4) is 0 Å². The lowest BCUT2D eigenvalue weighted by molar-refractivity contribution is -0.383. The second-order valence-corrected chi connectivity index (χ2v) is 4.46. The summed E-state index contributed by atoms with van der Waals surface area (Å²) >= 11 is 0. The maximum absolute atomic E-state index is 11.1. The molecular formula is C14H17N3O4. The van der Waals surface area contributed by atoms with Gasteiger partial charge in [-0.3, -0.25) is 10.1 Å². The standard InChI is InChI=1S/C14H17N3O4/c1-21-10-8-16(7-9-18)12-5-6-15-14-11(12)3-2-4-13(14)17(19)20/h2-6,18H,7-10H2,1H3. The molecule has 1 aromatic carbocycles. The maximum Gasteiger partial charge on any atom is 0.295 e. The summed E-state index contributed by atoms with van der Waals surface area (Å²) in [5, 5.41) is 21.0. The molecule has 1 N–H and O–H groups in total. The predicted octanol–water partition coefficient (Wildman–Crippen LogP) is 1.59. The molecule has 0 aliphatic rings. The number of para-hydroxylation sites is 1. The second-order valence-electron chi connectivity index (χ2n) is 4.46. The molecule has 2 aromatic rings. The number of non-ortho nitro benzene ring substituents is 1. The van der Waals surface area contributed by atoms with E-state index >= 15 is 0 Å². The molecule has 7 nitrogen and oxygen atoms in total. The number of hydrogen-bond donors (Lipinski definition) is 1. The Labute approximate surface area is 121 Å². The molecule has 0 aliphatic heterocycles. The van der Waals surface area contributed by atoms with E-state index < -0.39 is 4.92 Å². The van der Waals surface area contributed by atoms with Gasteiger partial charge in [0.05, 0.1) is 18.1 Å². The maximum atomic E-state index is 11.1. The Morgan fingerprint density at radius 1 is 1.38 bits per heavy atom. The van der Waals surface area contributed by atoms with Crippen molar-refractivity contribution in [1.29, 1.82) is 0 Å². The fraction of sp³-hybridized carbons (Fsp3) is 0.357. The predicted molar refractivity (Wildman–Crippen MR) is 79.6 cm³/mol. The second kappa shape index (κ2) is 6.96. The fourth-order valence-electron chi connectivity index (χ4n) is 2.24. The molecule has 7 heteroatoms. The van der Waals surface area contributed by atoms with Gasteiger partial charge < -0.3 is 14.7 Å². The van der Waals surface area contributed by atoms with Crippen molar-refractivity contribution in [3.63, 3.8) is 0 Å². The number of nitro groups is 1. The molecule has 2 rings (SSSR count). The van der Waals surface area contributed by atoms with E-state index in [1.54, 1.807) is 31.5 Å². The number of nitro benzene ring substituents is 1. The van der Waals surface area contributed by atoms with Gasteiger partial charge in [-0.1, -0.05) is 12.1 Å². The number of fused-ring (bicyclic) bond motifs is 1. The normalized spacial score (nSPS) is 10.8. The lowest BCUT2D eigenvalue weighted by Gasteiger charge is -2.24. The SMILES string of the molecule is COCCN(CCO)c1ccnc2c([N+](=O)[O-])cccc12. The molecule has 0 saturated heterocycles. The van der Waals surface area contributed by atoms with E-state index in [9.17, 15) is 15.2 Å². The molecule has 0 amide bonds. The highest BCUT2D eigenvalue weighted by molar-refractivity contribution is 5.96. The van der Waals surface area contributed by atoms with Crippen LogP contribution in [0.2, 0.25) is 0 Å². The highest BCUT2D eigenvalue weighted by Gasteiger charge is 2.17. The average molecular weight is 291 g/mol. The number of aliphatic hydroxyl groups is 1. The lowest BCUT2D eigenvalue weighted by atomic mass is 10.1. The Morgan fingerprint density at radius 2 is 2.19 bits per heavy atom. The van der Waals surface area contributed by atoms with E-state index in [4.69, 9.17) is 4.74 Å². The van der Waals surface area contributed by atoms with Crippen LogP contribution in [0.5, 0.6) is 0 Å². The van der Waals surface area contributed by atoms with Crippen molar-refractivity contribution in [2.24, 2.45) is 0 Å². The molecule has 0 bridgehead atoms. The van der Waals surface area contributed by atoms with Crippen molar-refractivity contribution in [3.05, 3.63) is 40.6 Å². The summed E-state index contributed by atoms with van der Waals surface area (Å²) in [7, 11) is 1.60. The fourth-order valence-corrected chi connectivity index (χ4v) is 2.24. The zero-order valence-electron chi connectivity index (χ0n) is 11.7. The summed E-state index contributed by atoms with van der Waals surface area (Å²) in [4.78, 5) is 16.7. The summed E-state index contributed by atoms with van der Waals surface area (Å²) in [5.41, 5.74) is 1.13. The summed E-state index contributed by atoms with van der Waals surface area (Å²) in [6.45, 7) is 1.49. The highest BCUT2D eigenvalue weighted by atomic mass is 16.6. The zero-order valence-corrected chi connectivity index (χ0v) is 11.7. The van der Waals surface area contributed by atoms with Gasteiger partial charge in [-0.25, -0.2) is 4.98 Å². The largest absolute Gasteiger partial charge is 0.395 e. The van der Waals surface area contributed by atoms with Gasteiger partial charge in [-0.2, -0.15) is 0 Å². The zero-order chi connectivity index (χ0) is 15.2. The summed E-state index contributed by atoms with van der Waals surface area (Å²) in [5.74, 6) is 0. The first-order chi connectivity index (χ1) is 10.2. The van der Waals surface area contributed by atoms with Crippen LogP contribution in [0.15, 0.2) is 30.5 Å². The van der Waals surface area contributed by atoms with Crippen LogP contribution in [0.25, 0.3) is 10.9 Å². The number of aliphatic hydroxyl groups excluding tert-OH is 1. The molecule has 0 atom stereocenters. The smallest absolute Gasteiger partial charge is 0.295 e. The van der Waals surface area contributed by atoms with Gasteiger partial charge in [0, 0.05) is 43.5 Å². The topological polar surface area (TPSA) is 88.7 Å². The molecule has 112 valence electrons. The molecule has 1 aromatic heterocycles. The minimum atomic E-state index is -0.440. The molecular weight excluding hydrogens is 274 g/mol. The number of nitrogens with zero attached hydrogens (tertiary/aromatic N) is 3. The van der Waals surface area contributed by atoms with E-state index in [1.807, 2.05) is 4.90 Å². The third kappa shape index (κ3) is 3.26. The Balaban J connectivity index is 2.52. The molecule has 0 aliphatic carbocycles. The molecule has 0 spiro atoms. The first-order valence-corrected chi connectivity index (χ1v) is 6.56. The van der Waals surface area contributed by atoms with Crippen molar-refractivity contribution < 1.29 is 14.8 Å². The van der Waals surface area contributed by atoms with Crippen molar-refractivity contribution in [2.45, 2.75) is 0 Å². The summed E-state index contributed by atoms with van der Waals surface area (Å²) in [6.07, 6.45) is 1.54. The number of aromatic nitrogens is 1. The van der Waals surface area contributed by atoms with Gasteiger partial charge >= 0.3 is 0 Å². The highest BCUT2D eigenvalue weighted by Crippen LogP contribution is 2.30. The van der Waals surface area contributed by atoms with E-state index in [-0.39, 0.29) is 12.3 Å². The number of benzene rings is 1. The van der Waals surface area contributed by atoms with Crippen molar-refractivity contribution in [1.82, 2.24) is 4.98 Å². The third-order valence-electron chi connectivity index (χ3n) is 3.20. The average Bonchev–Trinajstić information content (AvgIpc) is 2.50. The van der Waals surface area contributed by atoms with Crippen LogP contribution in [0, 0.1) is 10.1 Å². The van der Waals surface area contributed by atoms with Gasteiger partial charge in [-0.05, 0) is 6.07 Å². The van der Waals surface area contributed by atoms with Crippen molar-refractivity contribution in [2.75, 3.05) is 38.3 Å². The van der Waals surface area contributed by atoms with E-state index in [1.165, 1.54) is 6.07 Å². The Kier molecular flexibility index (Phi) is 5.02. The van der Waals surface area contributed by atoms with Crippen molar-refractivity contribution >= 4 is 22.3 Å². The molecule has 0 unspecified atom stereocenters. The van der Waals surface area contributed by atoms with Gasteiger partial charge in [0.25, 0.3) is 5.69 Å². The minimum absolute atomic E-state index is 0.0115. The number of pyridine rings is 1. The van der Waals surface area contributed by atoms with Gasteiger partial charge in [0.15, 0.2) is 0 Å². The Bertz CT molecular complexity index is 633. The van der Waals surface area contributed by atoms with Gasteiger partial charge in [0.1, 0.15) is 5.52 Å². The number of rotatable bonds is 7. The van der Waals surface area contributed by atoms with Crippen LogP contribution in [0.4, 0.5) is 11.4 Å². The number of anilines is 1. The van der Waals surface area contributed by atoms with E-state index in [2.05, 4.69) is 4.98 Å². The Hall–Kier alpha value is -2.25. The first-order valence-electron chi connectivity index (χ1n) is 6.56. The minimum Gasteiger partial charge on any atom is -0.395 e. The van der Waals surface area contributed by atoms with Crippen LogP contribution >= 0.6 is 0 Å². The van der Waals surface area contributed by atoms with Crippen LogP contribution in [-0.2, 0) is 4.74 Å². The van der Waals surface area contributed by atoms with E-state index in [0.717, 1.165) is 5.69 Å². The lowest BCUT2D eigenvalue weighted by Crippen LogP contribution is -2.30. The molecule has 0 saturated carbocycles. The monoisotopic (exact) mass is 291 g/mol. The van der Waals surface area contributed by atoms with Crippen LogP contribution < -0.4 is 4.90 Å². The van der Waals surface area contributed by atoms with E-state index in [0.29, 0.717) is 30.6 Å². The van der Waals surface area contributed by atoms with Crippen LogP contribution in [0.1, 0.15) is 0 Å². The quantitative estimate of drug-likeness (QED) is 0.615. The number of hydrogen-bond acceptors (Lipinski definition) is 6. The number of methoxy groups -OCH3 is 1. The summed E-state index contributed by atoms with van der Waals surface area (Å²) < 4.78 is 5.07.